The molecule has 6 nitrogen and oxygen atoms in total. The van der Waals surface area contributed by atoms with Crippen molar-refractivity contribution in [2.45, 2.75) is 0 Å². The maximum Gasteiger partial charge on any atom is 0.335 e. The first-order valence-electron chi connectivity index (χ1n) is 7.00. The van der Waals surface area contributed by atoms with E-state index >= 15 is 0 Å². The van der Waals surface area contributed by atoms with Crippen LogP contribution in [0.2, 0.25) is 0 Å². The number of para-hydroxylation sites is 2. The summed E-state index contributed by atoms with van der Waals surface area (Å²) in [4.78, 5) is 30.4. The Hall–Kier alpha value is -2.93. The van der Waals surface area contributed by atoms with Gasteiger partial charge in [0.1, 0.15) is 5.56 Å². The molecular formula is C17H12BrN3O3. The lowest BCUT2D eigenvalue weighted by Gasteiger charge is -2.09. The first-order chi connectivity index (χ1) is 11.6. The van der Waals surface area contributed by atoms with Crippen molar-refractivity contribution >= 4 is 27.8 Å². The minimum atomic E-state index is -0.721. The molecule has 1 aromatic heterocycles. The molecule has 3 rings (SSSR count). The zero-order valence-corrected chi connectivity index (χ0v) is 13.9. The predicted molar refractivity (Wildman–Crippen MR) is 95.7 cm³/mol. The van der Waals surface area contributed by atoms with Crippen LogP contribution >= 0.6 is 15.9 Å². The van der Waals surface area contributed by atoms with Crippen molar-refractivity contribution in [2.24, 2.45) is 4.99 Å². The summed E-state index contributed by atoms with van der Waals surface area (Å²) in [6.07, 6.45) is 1.23. The Labute approximate surface area is 144 Å². The highest BCUT2D eigenvalue weighted by molar-refractivity contribution is 9.10. The summed E-state index contributed by atoms with van der Waals surface area (Å²) in [6.45, 7) is 0. The predicted octanol–water partition coefficient (Wildman–Crippen LogP) is 2.74. The van der Waals surface area contributed by atoms with E-state index in [0.29, 0.717) is 11.4 Å². The summed E-state index contributed by atoms with van der Waals surface area (Å²) < 4.78 is 1.76. The number of halogens is 1. The van der Waals surface area contributed by atoms with Crippen molar-refractivity contribution in [1.29, 1.82) is 0 Å². The van der Waals surface area contributed by atoms with E-state index in [0.717, 1.165) is 9.04 Å². The lowest BCUT2D eigenvalue weighted by atomic mass is 10.3. The van der Waals surface area contributed by atoms with E-state index in [9.17, 15) is 14.7 Å². The molecule has 0 amide bonds. The number of H-pyrrole nitrogens is 1. The Bertz CT molecular complexity index is 1020. The third-order valence-corrected chi connectivity index (χ3v) is 3.99. The molecule has 0 atom stereocenters. The maximum atomic E-state index is 12.0. The molecule has 0 aliphatic rings. The maximum absolute atomic E-state index is 12.0. The summed E-state index contributed by atoms with van der Waals surface area (Å²) in [5.74, 6) is -0.467. The standard InChI is InChI=1S/C17H12BrN3O3/c18-13-8-4-5-9-14(13)19-10-12-15(22)20-17(24)21(16(12)23)11-6-2-1-3-7-11/h1-10,23H,(H,20,22,24). The number of aromatic hydroxyl groups is 1. The highest BCUT2D eigenvalue weighted by atomic mass is 79.9. The van der Waals surface area contributed by atoms with Gasteiger partial charge in [-0.3, -0.25) is 14.8 Å². The quantitative estimate of drug-likeness (QED) is 0.679. The lowest BCUT2D eigenvalue weighted by Crippen LogP contribution is -2.31. The van der Waals surface area contributed by atoms with E-state index in [1.54, 1.807) is 42.5 Å². The van der Waals surface area contributed by atoms with Crippen molar-refractivity contribution < 1.29 is 5.11 Å². The number of hydrogen-bond acceptors (Lipinski definition) is 4. The van der Waals surface area contributed by atoms with Crippen LogP contribution in [0, 0.1) is 0 Å². The first kappa shape index (κ1) is 15.9. The average Bonchev–Trinajstić information content (AvgIpc) is 2.57. The van der Waals surface area contributed by atoms with Gasteiger partial charge in [0.25, 0.3) is 5.56 Å². The van der Waals surface area contributed by atoms with E-state index in [2.05, 4.69) is 25.9 Å². The SMILES string of the molecule is O=c1[nH]c(=O)n(-c2ccccc2)c(O)c1C=Nc1ccccc1Br. The Morgan fingerprint density at radius 1 is 1.04 bits per heavy atom. The van der Waals surface area contributed by atoms with Crippen LogP contribution in [0.5, 0.6) is 5.88 Å². The number of aromatic nitrogens is 2. The van der Waals surface area contributed by atoms with Crippen molar-refractivity contribution in [3.8, 4) is 11.6 Å². The second-order valence-corrected chi connectivity index (χ2v) is 5.73. The molecule has 120 valence electrons. The van der Waals surface area contributed by atoms with E-state index in [4.69, 9.17) is 0 Å². The average molecular weight is 386 g/mol. The number of hydrogen-bond donors (Lipinski definition) is 2. The largest absolute Gasteiger partial charge is 0.493 e. The molecule has 1 heterocycles. The fraction of sp³-hybridized carbons (Fsp3) is 0. The van der Waals surface area contributed by atoms with Crippen LogP contribution in [0.25, 0.3) is 5.69 Å². The Morgan fingerprint density at radius 2 is 1.71 bits per heavy atom. The Balaban J connectivity index is 2.15. The molecule has 0 aliphatic heterocycles. The number of benzene rings is 2. The van der Waals surface area contributed by atoms with Crippen molar-refractivity contribution in [3.63, 3.8) is 0 Å². The zero-order valence-electron chi connectivity index (χ0n) is 12.3. The van der Waals surface area contributed by atoms with E-state index < -0.39 is 17.1 Å². The summed E-state index contributed by atoms with van der Waals surface area (Å²) >= 11 is 3.35. The van der Waals surface area contributed by atoms with Crippen LogP contribution in [-0.2, 0) is 0 Å². The summed E-state index contributed by atoms with van der Waals surface area (Å²) in [7, 11) is 0. The van der Waals surface area contributed by atoms with Crippen LogP contribution in [-0.4, -0.2) is 20.9 Å². The second-order valence-electron chi connectivity index (χ2n) is 4.88. The van der Waals surface area contributed by atoms with Crippen molar-refractivity contribution in [1.82, 2.24) is 9.55 Å². The van der Waals surface area contributed by atoms with Gasteiger partial charge in [-0.05, 0) is 40.2 Å². The molecule has 3 aromatic rings. The van der Waals surface area contributed by atoms with Crippen molar-refractivity contribution in [3.05, 3.63) is 85.5 Å². The summed E-state index contributed by atoms with van der Waals surface area (Å²) in [6, 6.07) is 15.7. The van der Waals surface area contributed by atoms with Gasteiger partial charge in [0.15, 0.2) is 0 Å². The van der Waals surface area contributed by atoms with Crippen LogP contribution in [0.3, 0.4) is 0 Å². The van der Waals surface area contributed by atoms with Crippen LogP contribution < -0.4 is 11.2 Å². The van der Waals surface area contributed by atoms with Crippen LogP contribution in [0.4, 0.5) is 5.69 Å². The zero-order chi connectivity index (χ0) is 17.1. The Morgan fingerprint density at radius 3 is 2.42 bits per heavy atom. The normalized spacial score (nSPS) is 11.0. The smallest absolute Gasteiger partial charge is 0.335 e. The topological polar surface area (TPSA) is 87.5 Å². The van der Waals surface area contributed by atoms with Crippen LogP contribution in [0.1, 0.15) is 5.56 Å². The fourth-order valence-corrected chi connectivity index (χ4v) is 2.55. The Kier molecular flexibility index (Phi) is 4.43. The van der Waals surface area contributed by atoms with Gasteiger partial charge in [0.2, 0.25) is 5.88 Å². The minimum Gasteiger partial charge on any atom is -0.493 e. The third kappa shape index (κ3) is 3.07. The van der Waals surface area contributed by atoms with E-state index in [1.807, 2.05) is 12.1 Å². The molecule has 7 heteroatoms. The molecule has 0 unspecified atom stereocenters. The number of aliphatic imine (C=N–C) groups is 1. The molecule has 2 aromatic carbocycles. The molecule has 2 N–H and O–H groups in total. The van der Waals surface area contributed by atoms with Gasteiger partial charge in [0, 0.05) is 10.7 Å². The molecular weight excluding hydrogens is 374 g/mol. The molecule has 24 heavy (non-hydrogen) atoms. The van der Waals surface area contributed by atoms with Gasteiger partial charge >= 0.3 is 5.69 Å². The molecule has 0 bridgehead atoms. The molecule has 0 spiro atoms. The fourth-order valence-electron chi connectivity index (χ4n) is 2.16. The molecule has 0 saturated carbocycles. The number of nitrogens with one attached hydrogen (secondary N) is 1. The summed E-state index contributed by atoms with van der Waals surface area (Å²) in [5, 5.41) is 10.4. The molecule has 0 aliphatic carbocycles. The van der Waals surface area contributed by atoms with Gasteiger partial charge in [-0.15, -0.1) is 0 Å². The van der Waals surface area contributed by atoms with Gasteiger partial charge < -0.3 is 5.11 Å². The number of nitrogens with zero attached hydrogens (tertiary/aromatic N) is 2. The highest BCUT2D eigenvalue weighted by Crippen LogP contribution is 2.24. The highest BCUT2D eigenvalue weighted by Gasteiger charge is 2.14. The van der Waals surface area contributed by atoms with E-state index in [-0.39, 0.29) is 5.56 Å². The minimum absolute atomic E-state index is 0.103. The monoisotopic (exact) mass is 385 g/mol. The first-order valence-corrected chi connectivity index (χ1v) is 7.79. The third-order valence-electron chi connectivity index (χ3n) is 3.32. The molecule has 0 saturated heterocycles. The second kappa shape index (κ2) is 6.67. The molecule has 0 radical (unpaired) electrons. The van der Waals surface area contributed by atoms with Gasteiger partial charge in [-0.2, -0.15) is 0 Å². The number of aromatic amines is 1. The van der Waals surface area contributed by atoms with Crippen molar-refractivity contribution in [2.75, 3.05) is 0 Å². The molecule has 0 fully saturated rings. The van der Waals surface area contributed by atoms with Gasteiger partial charge in [-0.25, -0.2) is 9.36 Å². The van der Waals surface area contributed by atoms with Gasteiger partial charge in [0.05, 0.1) is 11.4 Å². The number of rotatable bonds is 3. The van der Waals surface area contributed by atoms with E-state index in [1.165, 1.54) is 6.21 Å². The van der Waals surface area contributed by atoms with Crippen LogP contribution in [0.15, 0.2) is 73.7 Å². The lowest BCUT2D eigenvalue weighted by molar-refractivity contribution is 0.430. The summed E-state index contributed by atoms with van der Waals surface area (Å²) in [5.41, 5.74) is -0.503. The van der Waals surface area contributed by atoms with Gasteiger partial charge in [-0.1, -0.05) is 30.3 Å².